The van der Waals surface area contributed by atoms with E-state index in [0.717, 1.165) is 13.2 Å². The molecule has 0 aromatic heterocycles. The standard InChI is InChI=1S/C15H18O5S/c1-15(2,3)20-13(16)10-12(14(17)19-4)21(18)11-8-6-5-7-9-11/h5-10H,1-4H3. The highest BCUT2D eigenvalue weighted by molar-refractivity contribution is 7.90. The molecule has 21 heavy (non-hydrogen) atoms. The number of hydrogen-bond acceptors (Lipinski definition) is 5. The first-order valence-electron chi connectivity index (χ1n) is 6.24. The van der Waals surface area contributed by atoms with Crippen LogP contribution in [0, 0.1) is 0 Å². The summed E-state index contributed by atoms with van der Waals surface area (Å²) in [7, 11) is -0.654. The van der Waals surface area contributed by atoms with Crippen LogP contribution >= 0.6 is 0 Å². The lowest BCUT2D eigenvalue weighted by molar-refractivity contribution is -0.149. The molecule has 0 saturated heterocycles. The van der Waals surface area contributed by atoms with Gasteiger partial charge in [0.05, 0.1) is 17.9 Å². The van der Waals surface area contributed by atoms with Crippen LogP contribution in [0.25, 0.3) is 0 Å². The first-order valence-corrected chi connectivity index (χ1v) is 7.39. The zero-order valence-electron chi connectivity index (χ0n) is 12.4. The van der Waals surface area contributed by atoms with Crippen LogP contribution < -0.4 is 0 Å². The Morgan fingerprint density at radius 3 is 2.19 bits per heavy atom. The van der Waals surface area contributed by atoms with Crippen LogP contribution in [0.15, 0.2) is 46.2 Å². The fourth-order valence-corrected chi connectivity index (χ4v) is 2.49. The number of carbonyl (C=O) groups is 2. The lowest BCUT2D eigenvalue weighted by Gasteiger charge is -2.18. The highest BCUT2D eigenvalue weighted by Crippen LogP contribution is 2.17. The second-order valence-corrected chi connectivity index (χ2v) is 6.56. The van der Waals surface area contributed by atoms with E-state index in [0.29, 0.717) is 4.90 Å². The molecule has 0 N–H and O–H groups in total. The van der Waals surface area contributed by atoms with Gasteiger partial charge in [0.25, 0.3) is 0 Å². The first-order chi connectivity index (χ1) is 9.74. The van der Waals surface area contributed by atoms with E-state index in [9.17, 15) is 13.8 Å². The molecule has 0 aliphatic heterocycles. The topological polar surface area (TPSA) is 69.7 Å². The molecule has 0 spiro atoms. The summed E-state index contributed by atoms with van der Waals surface area (Å²) in [5.74, 6) is -1.57. The van der Waals surface area contributed by atoms with Crippen molar-refractivity contribution in [3.63, 3.8) is 0 Å². The molecule has 0 aliphatic carbocycles. The molecule has 0 radical (unpaired) electrons. The van der Waals surface area contributed by atoms with Crippen molar-refractivity contribution in [1.82, 2.24) is 0 Å². The number of benzene rings is 1. The van der Waals surface area contributed by atoms with Crippen LogP contribution in [0.3, 0.4) is 0 Å². The summed E-state index contributed by atoms with van der Waals surface area (Å²) in [4.78, 5) is 23.7. The number of carbonyl (C=O) groups excluding carboxylic acids is 2. The Labute approximate surface area is 126 Å². The quantitative estimate of drug-likeness (QED) is 0.630. The average molecular weight is 310 g/mol. The van der Waals surface area contributed by atoms with E-state index < -0.39 is 28.3 Å². The average Bonchev–Trinajstić information content (AvgIpc) is 2.42. The maximum absolute atomic E-state index is 12.4. The molecule has 1 aromatic carbocycles. The maximum atomic E-state index is 12.4. The van der Waals surface area contributed by atoms with Crippen molar-refractivity contribution in [2.75, 3.05) is 7.11 Å². The molecule has 0 heterocycles. The van der Waals surface area contributed by atoms with E-state index >= 15 is 0 Å². The molecular weight excluding hydrogens is 292 g/mol. The van der Waals surface area contributed by atoms with Crippen molar-refractivity contribution in [2.24, 2.45) is 0 Å². The van der Waals surface area contributed by atoms with Gasteiger partial charge in [-0.1, -0.05) is 18.2 Å². The molecule has 1 unspecified atom stereocenters. The van der Waals surface area contributed by atoms with Crippen molar-refractivity contribution < 1.29 is 23.3 Å². The van der Waals surface area contributed by atoms with E-state index in [-0.39, 0.29) is 4.91 Å². The molecule has 0 amide bonds. The van der Waals surface area contributed by atoms with Crippen LogP contribution in [0.4, 0.5) is 0 Å². The molecular formula is C15H18O5S. The molecule has 114 valence electrons. The molecule has 0 bridgehead atoms. The number of hydrogen-bond donors (Lipinski definition) is 0. The first kappa shape index (κ1) is 17.1. The Morgan fingerprint density at radius 1 is 1.14 bits per heavy atom. The largest absolute Gasteiger partial charge is 0.465 e. The highest BCUT2D eigenvalue weighted by atomic mass is 32.2. The van der Waals surface area contributed by atoms with Gasteiger partial charge in [0.2, 0.25) is 0 Å². The second kappa shape index (κ2) is 7.17. The van der Waals surface area contributed by atoms with E-state index in [1.807, 2.05) is 0 Å². The summed E-state index contributed by atoms with van der Waals surface area (Å²) in [5.41, 5.74) is -0.705. The molecule has 1 rings (SSSR count). The van der Waals surface area contributed by atoms with Crippen LogP contribution in [-0.4, -0.2) is 28.9 Å². The van der Waals surface area contributed by atoms with Crippen LogP contribution in [0.2, 0.25) is 0 Å². The molecule has 1 atom stereocenters. The highest BCUT2D eigenvalue weighted by Gasteiger charge is 2.23. The van der Waals surface area contributed by atoms with Gasteiger partial charge in [0.1, 0.15) is 10.5 Å². The van der Waals surface area contributed by atoms with Crippen LogP contribution in [0.5, 0.6) is 0 Å². The Balaban J connectivity index is 3.10. The van der Waals surface area contributed by atoms with Crippen molar-refractivity contribution in [3.05, 3.63) is 41.3 Å². The molecule has 0 saturated carbocycles. The van der Waals surface area contributed by atoms with E-state index in [1.54, 1.807) is 51.1 Å². The fourth-order valence-electron chi connectivity index (χ4n) is 1.40. The van der Waals surface area contributed by atoms with E-state index in [1.165, 1.54) is 0 Å². The minimum Gasteiger partial charge on any atom is -0.465 e. The van der Waals surface area contributed by atoms with Gasteiger partial charge < -0.3 is 9.47 Å². The van der Waals surface area contributed by atoms with Gasteiger partial charge >= 0.3 is 11.9 Å². The van der Waals surface area contributed by atoms with Gasteiger partial charge in [0.15, 0.2) is 0 Å². The van der Waals surface area contributed by atoms with Crippen LogP contribution in [-0.2, 0) is 29.9 Å². The SMILES string of the molecule is COC(=O)C(=CC(=O)OC(C)(C)C)S(=O)c1ccccc1. The van der Waals surface area contributed by atoms with E-state index in [2.05, 4.69) is 4.74 Å². The lowest BCUT2D eigenvalue weighted by Crippen LogP contribution is -2.23. The summed E-state index contributed by atoms with van der Waals surface area (Å²) in [6.45, 7) is 5.10. The molecule has 1 aromatic rings. The Kier molecular flexibility index (Phi) is 5.84. The van der Waals surface area contributed by atoms with Crippen LogP contribution in [0.1, 0.15) is 20.8 Å². The van der Waals surface area contributed by atoms with Gasteiger partial charge in [-0.15, -0.1) is 0 Å². The van der Waals surface area contributed by atoms with Gasteiger partial charge in [-0.3, -0.25) is 0 Å². The van der Waals surface area contributed by atoms with Crippen molar-refractivity contribution in [1.29, 1.82) is 0 Å². The van der Waals surface area contributed by atoms with Crippen molar-refractivity contribution >= 4 is 22.7 Å². The predicted octanol–water partition coefficient (Wildman–Crippen LogP) is 2.19. The maximum Gasteiger partial charge on any atom is 0.347 e. The van der Waals surface area contributed by atoms with Crippen molar-refractivity contribution in [2.45, 2.75) is 31.3 Å². The number of rotatable bonds is 4. The monoisotopic (exact) mass is 310 g/mol. The lowest BCUT2D eigenvalue weighted by atomic mass is 10.2. The van der Waals surface area contributed by atoms with Crippen molar-refractivity contribution in [3.8, 4) is 0 Å². The molecule has 0 aliphatic rings. The molecule has 0 fully saturated rings. The third kappa shape index (κ3) is 5.51. The predicted molar refractivity (Wildman–Crippen MR) is 78.8 cm³/mol. The smallest absolute Gasteiger partial charge is 0.347 e. The fraction of sp³-hybridized carbons (Fsp3) is 0.333. The number of methoxy groups -OCH3 is 1. The van der Waals surface area contributed by atoms with Gasteiger partial charge in [-0.2, -0.15) is 0 Å². The zero-order chi connectivity index (χ0) is 16.0. The number of ether oxygens (including phenoxy) is 2. The van der Waals surface area contributed by atoms with Gasteiger partial charge in [-0.25, -0.2) is 13.8 Å². The number of esters is 2. The second-order valence-electron chi connectivity index (χ2n) is 5.12. The minimum atomic E-state index is -1.81. The summed E-state index contributed by atoms with van der Waals surface area (Å²) < 4.78 is 22.0. The van der Waals surface area contributed by atoms with E-state index in [4.69, 9.17) is 4.74 Å². The summed E-state index contributed by atoms with van der Waals surface area (Å²) >= 11 is 0. The summed E-state index contributed by atoms with van der Waals surface area (Å²) in [5, 5.41) is 0. The normalized spacial score (nSPS) is 13.4. The van der Waals surface area contributed by atoms with Gasteiger partial charge in [0, 0.05) is 11.0 Å². The summed E-state index contributed by atoms with van der Waals surface area (Å²) in [6, 6.07) is 8.34. The minimum absolute atomic E-state index is 0.252. The summed E-state index contributed by atoms with van der Waals surface area (Å²) in [6.07, 6.45) is 0.917. The zero-order valence-corrected chi connectivity index (χ0v) is 13.2. The third-order valence-corrected chi connectivity index (χ3v) is 3.58. The Morgan fingerprint density at radius 2 is 1.71 bits per heavy atom. The Hall–Kier alpha value is -1.95. The molecule has 6 heteroatoms. The Bertz CT molecular complexity index is 569. The third-order valence-electron chi connectivity index (χ3n) is 2.20. The van der Waals surface area contributed by atoms with Gasteiger partial charge in [-0.05, 0) is 32.9 Å². The molecule has 5 nitrogen and oxygen atoms in total.